The summed E-state index contributed by atoms with van der Waals surface area (Å²) in [5.41, 5.74) is 0.936. The van der Waals surface area contributed by atoms with Gasteiger partial charge in [-0.25, -0.2) is 4.79 Å². The van der Waals surface area contributed by atoms with Crippen LogP contribution in [0.5, 0.6) is 5.75 Å². The second-order valence-corrected chi connectivity index (χ2v) is 3.96. The Hall–Kier alpha value is -2.55. The number of hydrogen-bond acceptors (Lipinski definition) is 2. The van der Waals surface area contributed by atoms with Crippen molar-refractivity contribution >= 4 is 12.0 Å². The van der Waals surface area contributed by atoms with Crippen molar-refractivity contribution in [3.05, 3.63) is 72.3 Å². The first kappa shape index (κ1) is 12.9. The Balaban J connectivity index is 2.09. The number of carbonyl (C=O) groups is 1. The van der Waals surface area contributed by atoms with E-state index in [0.717, 1.165) is 5.56 Å². The SMILES string of the molecule is O=C(O)[C@H](C=Cc1ccccc1)Oc1ccccc1. The molecule has 0 aromatic heterocycles. The van der Waals surface area contributed by atoms with Crippen molar-refractivity contribution in [1.82, 2.24) is 0 Å². The van der Waals surface area contributed by atoms with Crippen LogP contribution in [0.3, 0.4) is 0 Å². The fourth-order valence-corrected chi connectivity index (χ4v) is 1.58. The van der Waals surface area contributed by atoms with E-state index in [9.17, 15) is 4.79 Å². The van der Waals surface area contributed by atoms with Crippen molar-refractivity contribution < 1.29 is 14.6 Å². The number of rotatable bonds is 5. The molecule has 0 bridgehead atoms. The molecule has 3 heteroatoms. The molecule has 0 saturated carbocycles. The first-order chi connectivity index (χ1) is 9.25. The third-order valence-corrected chi connectivity index (χ3v) is 2.51. The van der Waals surface area contributed by atoms with E-state index >= 15 is 0 Å². The lowest BCUT2D eigenvalue weighted by atomic mass is 10.2. The van der Waals surface area contributed by atoms with Gasteiger partial charge in [-0.05, 0) is 23.8 Å². The molecule has 0 amide bonds. The molecule has 0 heterocycles. The minimum atomic E-state index is -1.02. The molecular formula is C16H14O3. The van der Waals surface area contributed by atoms with Gasteiger partial charge in [0.25, 0.3) is 0 Å². The maximum atomic E-state index is 11.1. The summed E-state index contributed by atoms with van der Waals surface area (Å²) in [6.45, 7) is 0. The van der Waals surface area contributed by atoms with E-state index in [2.05, 4.69) is 0 Å². The Kier molecular flexibility index (Phi) is 4.34. The number of ether oxygens (including phenoxy) is 1. The average Bonchev–Trinajstić information content (AvgIpc) is 2.45. The van der Waals surface area contributed by atoms with E-state index in [0.29, 0.717) is 5.75 Å². The molecule has 0 aliphatic carbocycles. The van der Waals surface area contributed by atoms with Crippen LogP contribution in [0.2, 0.25) is 0 Å². The predicted molar refractivity (Wildman–Crippen MR) is 74.0 cm³/mol. The van der Waals surface area contributed by atoms with Crippen molar-refractivity contribution in [2.24, 2.45) is 0 Å². The largest absolute Gasteiger partial charge is 0.478 e. The van der Waals surface area contributed by atoms with Gasteiger partial charge in [0, 0.05) is 0 Å². The highest BCUT2D eigenvalue weighted by Crippen LogP contribution is 2.12. The molecule has 3 nitrogen and oxygen atoms in total. The maximum absolute atomic E-state index is 11.1. The molecule has 2 aromatic carbocycles. The molecule has 2 aromatic rings. The smallest absolute Gasteiger partial charge is 0.349 e. The summed E-state index contributed by atoms with van der Waals surface area (Å²) in [5.74, 6) is -0.483. The van der Waals surface area contributed by atoms with Crippen LogP contribution in [-0.4, -0.2) is 17.2 Å². The molecular weight excluding hydrogens is 240 g/mol. The number of aliphatic carboxylic acids is 1. The van der Waals surface area contributed by atoms with Gasteiger partial charge in [-0.1, -0.05) is 54.6 Å². The molecule has 0 aliphatic heterocycles. The molecule has 96 valence electrons. The lowest BCUT2D eigenvalue weighted by molar-refractivity contribution is -0.142. The second kappa shape index (κ2) is 6.40. The summed E-state index contributed by atoms with van der Waals surface area (Å²) >= 11 is 0. The van der Waals surface area contributed by atoms with Crippen LogP contribution in [-0.2, 0) is 4.79 Å². The highest BCUT2D eigenvalue weighted by atomic mass is 16.5. The quantitative estimate of drug-likeness (QED) is 0.891. The molecule has 19 heavy (non-hydrogen) atoms. The van der Waals surface area contributed by atoms with E-state index in [1.54, 1.807) is 30.3 Å². The first-order valence-electron chi connectivity index (χ1n) is 5.93. The third-order valence-electron chi connectivity index (χ3n) is 2.51. The zero-order valence-corrected chi connectivity index (χ0v) is 10.3. The second-order valence-electron chi connectivity index (χ2n) is 3.96. The number of benzene rings is 2. The van der Waals surface area contributed by atoms with Crippen LogP contribution in [0, 0.1) is 0 Å². The Morgan fingerprint density at radius 3 is 2.16 bits per heavy atom. The van der Waals surface area contributed by atoms with Crippen LogP contribution in [0.4, 0.5) is 0 Å². The highest BCUT2D eigenvalue weighted by Gasteiger charge is 2.15. The molecule has 0 saturated heterocycles. The van der Waals surface area contributed by atoms with E-state index < -0.39 is 12.1 Å². The average molecular weight is 254 g/mol. The van der Waals surface area contributed by atoms with Crippen LogP contribution >= 0.6 is 0 Å². The van der Waals surface area contributed by atoms with Crippen LogP contribution in [0.25, 0.3) is 6.08 Å². The lowest BCUT2D eigenvalue weighted by Crippen LogP contribution is -2.24. The van der Waals surface area contributed by atoms with Gasteiger partial charge in [-0.2, -0.15) is 0 Å². The lowest BCUT2D eigenvalue weighted by Gasteiger charge is -2.11. The molecule has 1 N–H and O–H groups in total. The van der Waals surface area contributed by atoms with Gasteiger partial charge < -0.3 is 9.84 Å². The predicted octanol–water partition coefficient (Wildman–Crippen LogP) is 3.23. The van der Waals surface area contributed by atoms with Gasteiger partial charge in [0.15, 0.2) is 0 Å². The summed E-state index contributed by atoms with van der Waals surface area (Å²) in [6, 6.07) is 18.4. The molecule has 0 fully saturated rings. The Morgan fingerprint density at radius 1 is 1.00 bits per heavy atom. The van der Waals surface area contributed by atoms with Crippen LogP contribution in [0.1, 0.15) is 5.56 Å². The fraction of sp³-hybridized carbons (Fsp3) is 0.0625. The Labute approximate surface area is 111 Å². The Morgan fingerprint density at radius 2 is 1.58 bits per heavy atom. The van der Waals surface area contributed by atoms with Crippen LogP contribution < -0.4 is 4.74 Å². The van der Waals surface area contributed by atoms with E-state index in [4.69, 9.17) is 9.84 Å². The van der Waals surface area contributed by atoms with Crippen LogP contribution in [0.15, 0.2) is 66.7 Å². The number of hydrogen-bond donors (Lipinski definition) is 1. The van der Waals surface area contributed by atoms with Crippen molar-refractivity contribution in [2.75, 3.05) is 0 Å². The summed E-state index contributed by atoms with van der Waals surface area (Å²) < 4.78 is 5.41. The van der Waals surface area contributed by atoms with Gasteiger partial charge in [0.1, 0.15) is 5.75 Å². The van der Waals surface area contributed by atoms with E-state index in [-0.39, 0.29) is 0 Å². The van der Waals surface area contributed by atoms with E-state index in [1.165, 1.54) is 6.08 Å². The minimum absolute atomic E-state index is 0.535. The van der Waals surface area contributed by atoms with Gasteiger partial charge in [0.2, 0.25) is 6.10 Å². The van der Waals surface area contributed by atoms with Gasteiger partial charge in [-0.15, -0.1) is 0 Å². The third kappa shape index (κ3) is 4.00. The van der Waals surface area contributed by atoms with Gasteiger partial charge in [0.05, 0.1) is 0 Å². The standard InChI is InChI=1S/C16H14O3/c17-16(18)15(19-14-9-5-2-6-10-14)12-11-13-7-3-1-4-8-13/h1-12,15H,(H,17,18)/t15-/m0/s1. The van der Waals surface area contributed by atoms with Crippen molar-refractivity contribution in [3.63, 3.8) is 0 Å². The first-order valence-corrected chi connectivity index (χ1v) is 5.93. The Bertz CT molecular complexity index is 547. The maximum Gasteiger partial charge on any atom is 0.349 e. The zero-order valence-electron chi connectivity index (χ0n) is 10.3. The summed E-state index contributed by atoms with van der Waals surface area (Å²) in [4.78, 5) is 11.1. The zero-order chi connectivity index (χ0) is 13.5. The molecule has 0 unspecified atom stereocenters. The molecule has 0 spiro atoms. The summed E-state index contributed by atoms with van der Waals surface area (Å²) in [7, 11) is 0. The van der Waals surface area contributed by atoms with Crippen molar-refractivity contribution in [3.8, 4) is 5.75 Å². The van der Waals surface area contributed by atoms with Crippen molar-refractivity contribution in [2.45, 2.75) is 6.10 Å². The number of carboxylic acids is 1. The molecule has 2 rings (SSSR count). The van der Waals surface area contributed by atoms with Gasteiger partial charge in [-0.3, -0.25) is 0 Å². The molecule has 0 aliphatic rings. The van der Waals surface area contributed by atoms with Gasteiger partial charge >= 0.3 is 5.97 Å². The fourth-order valence-electron chi connectivity index (χ4n) is 1.58. The number of para-hydroxylation sites is 1. The highest BCUT2D eigenvalue weighted by molar-refractivity contribution is 5.76. The topological polar surface area (TPSA) is 46.5 Å². The number of carboxylic acid groups (broad SMARTS) is 1. The molecule has 1 atom stereocenters. The monoisotopic (exact) mass is 254 g/mol. The summed E-state index contributed by atoms with van der Waals surface area (Å²) in [5, 5.41) is 9.14. The van der Waals surface area contributed by atoms with Crippen molar-refractivity contribution in [1.29, 1.82) is 0 Å². The minimum Gasteiger partial charge on any atom is -0.478 e. The molecule has 0 radical (unpaired) electrons. The summed E-state index contributed by atoms with van der Waals surface area (Å²) in [6.07, 6.45) is 2.27. The van der Waals surface area contributed by atoms with E-state index in [1.807, 2.05) is 36.4 Å². The normalized spacial score (nSPS) is 12.2.